The molecule has 0 aliphatic rings. The Morgan fingerprint density at radius 1 is 0.818 bits per heavy atom. The fourth-order valence-electron chi connectivity index (χ4n) is 3.48. The number of hydrogen-bond donors (Lipinski definition) is 1. The molecular formula is C24H16ClN5O2S. The molecule has 0 atom stereocenters. The van der Waals surface area contributed by atoms with Crippen molar-refractivity contribution in [1.82, 2.24) is 20.2 Å². The van der Waals surface area contributed by atoms with E-state index in [2.05, 4.69) is 24.9 Å². The van der Waals surface area contributed by atoms with Crippen molar-refractivity contribution in [1.29, 1.82) is 0 Å². The van der Waals surface area contributed by atoms with Gasteiger partial charge in [0.15, 0.2) is 5.15 Å². The third-order valence-corrected chi connectivity index (χ3v) is 6.78. The van der Waals surface area contributed by atoms with Crippen molar-refractivity contribution in [2.24, 2.45) is 0 Å². The minimum Gasteiger partial charge on any atom is -0.276 e. The van der Waals surface area contributed by atoms with E-state index >= 15 is 0 Å². The third-order valence-electron chi connectivity index (χ3n) is 5.10. The lowest BCUT2D eigenvalue weighted by atomic mass is 9.99. The highest BCUT2D eigenvalue weighted by Gasteiger charge is 2.17. The van der Waals surface area contributed by atoms with Gasteiger partial charge in [-0.2, -0.15) is 10.2 Å². The largest absolute Gasteiger partial charge is 0.276 e. The SMILES string of the molecule is O=S(=O)(Nc1cc(-c2ccc3nncc(-c4ccncc4)c3c2)cnc1Cl)c1ccccc1. The number of nitrogens with zero attached hydrogens (tertiary/aromatic N) is 4. The van der Waals surface area contributed by atoms with Crippen LogP contribution in [0.1, 0.15) is 0 Å². The number of rotatable bonds is 5. The maximum Gasteiger partial charge on any atom is 0.261 e. The predicted molar refractivity (Wildman–Crippen MR) is 128 cm³/mol. The van der Waals surface area contributed by atoms with Gasteiger partial charge in [-0.05, 0) is 53.6 Å². The zero-order valence-electron chi connectivity index (χ0n) is 17.1. The van der Waals surface area contributed by atoms with E-state index in [9.17, 15) is 8.42 Å². The molecule has 3 aromatic heterocycles. The second-order valence-electron chi connectivity index (χ2n) is 7.21. The van der Waals surface area contributed by atoms with Gasteiger partial charge < -0.3 is 0 Å². The summed E-state index contributed by atoms with van der Waals surface area (Å²) in [5.74, 6) is 0. The first-order valence-corrected chi connectivity index (χ1v) is 11.8. The van der Waals surface area contributed by atoms with Crippen LogP contribution in [0.25, 0.3) is 33.2 Å². The maximum absolute atomic E-state index is 12.8. The van der Waals surface area contributed by atoms with E-state index in [0.717, 1.165) is 27.6 Å². The molecule has 0 amide bonds. The molecule has 5 aromatic rings. The summed E-state index contributed by atoms with van der Waals surface area (Å²) in [5, 5.41) is 9.29. The summed E-state index contributed by atoms with van der Waals surface area (Å²) < 4.78 is 28.1. The Balaban J connectivity index is 1.57. The standard InChI is InChI=1S/C24H16ClN5O2S/c25-24-23(30-33(31,32)19-4-2-1-3-5-19)13-18(14-27-24)17-6-7-22-20(12-17)21(15-28-29-22)16-8-10-26-11-9-16/h1-15,30H. The zero-order valence-corrected chi connectivity index (χ0v) is 18.6. The number of fused-ring (bicyclic) bond motifs is 1. The highest BCUT2D eigenvalue weighted by molar-refractivity contribution is 7.92. The first-order chi connectivity index (χ1) is 16.0. The summed E-state index contributed by atoms with van der Waals surface area (Å²) >= 11 is 6.22. The third kappa shape index (κ3) is 4.26. The monoisotopic (exact) mass is 473 g/mol. The molecule has 0 unspecified atom stereocenters. The molecule has 0 saturated carbocycles. The second-order valence-corrected chi connectivity index (χ2v) is 9.25. The van der Waals surface area contributed by atoms with E-state index in [1.807, 2.05) is 30.3 Å². The van der Waals surface area contributed by atoms with Crippen molar-refractivity contribution < 1.29 is 8.42 Å². The first kappa shape index (κ1) is 21.0. The number of benzene rings is 2. The summed E-state index contributed by atoms with van der Waals surface area (Å²) in [6, 6.07) is 19.3. The molecule has 0 radical (unpaired) electrons. The highest BCUT2D eigenvalue weighted by atomic mass is 35.5. The second kappa shape index (κ2) is 8.57. The Bertz CT molecular complexity index is 1560. The summed E-state index contributed by atoms with van der Waals surface area (Å²) in [6.07, 6.45) is 6.75. The molecule has 162 valence electrons. The molecule has 0 aliphatic carbocycles. The number of aromatic nitrogens is 4. The number of halogens is 1. The number of anilines is 1. The lowest BCUT2D eigenvalue weighted by Crippen LogP contribution is -2.13. The average molecular weight is 474 g/mol. The van der Waals surface area contributed by atoms with Crippen molar-refractivity contribution in [2.45, 2.75) is 4.90 Å². The molecule has 2 aromatic carbocycles. The van der Waals surface area contributed by atoms with E-state index in [0.29, 0.717) is 5.56 Å². The first-order valence-electron chi connectivity index (χ1n) is 9.91. The van der Waals surface area contributed by atoms with Crippen molar-refractivity contribution in [3.63, 3.8) is 0 Å². The van der Waals surface area contributed by atoms with E-state index in [4.69, 9.17) is 11.6 Å². The Labute approximate surface area is 195 Å². The van der Waals surface area contributed by atoms with Gasteiger partial charge in [0.25, 0.3) is 10.0 Å². The van der Waals surface area contributed by atoms with Crippen molar-refractivity contribution in [3.05, 3.63) is 96.7 Å². The Morgan fingerprint density at radius 3 is 2.39 bits per heavy atom. The molecule has 7 nitrogen and oxygen atoms in total. The maximum atomic E-state index is 12.8. The molecule has 1 N–H and O–H groups in total. The Hall–Kier alpha value is -3.88. The molecule has 0 bridgehead atoms. The van der Waals surface area contributed by atoms with Crippen LogP contribution in [0.2, 0.25) is 5.15 Å². The van der Waals surface area contributed by atoms with E-state index < -0.39 is 10.0 Å². The van der Waals surface area contributed by atoms with Gasteiger partial charge >= 0.3 is 0 Å². The zero-order chi connectivity index (χ0) is 22.8. The Morgan fingerprint density at radius 2 is 1.61 bits per heavy atom. The highest BCUT2D eigenvalue weighted by Crippen LogP contribution is 2.33. The number of sulfonamides is 1. The summed E-state index contributed by atoms with van der Waals surface area (Å²) in [7, 11) is -3.81. The minimum absolute atomic E-state index is 0.0578. The summed E-state index contributed by atoms with van der Waals surface area (Å²) in [6.45, 7) is 0. The van der Waals surface area contributed by atoms with Gasteiger partial charge in [0.2, 0.25) is 0 Å². The van der Waals surface area contributed by atoms with Crippen LogP contribution in [0.4, 0.5) is 5.69 Å². The van der Waals surface area contributed by atoms with Crippen molar-refractivity contribution in [2.75, 3.05) is 4.72 Å². The lowest BCUT2D eigenvalue weighted by Gasteiger charge is -2.12. The van der Waals surface area contributed by atoms with Crippen LogP contribution in [0.15, 0.2) is 96.4 Å². The molecule has 3 heterocycles. The summed E-state index contributed by atoms with van der Waals surface area (Å²) in [5.41, 5.74) is 4.34. The normalized spacial score (nSPS) is 11.4. The van der Waals surface area contributed by atoms with Gasteiger partial charge in [0.1, 0.15) is 0 Å². The lowest BCUT2D eigenvalue weighted by molar-refractivity contribution is 0.601. The topological polar surface area (TPSA) is 97.7 Å². The molecule has 0 aliphatic heterocycles. The number of nitrogens with one attached hydrogen (secondary N) is 1. The Kier molecular flexibility index (Phi) is 5.45. The van der Waals surface area contributed by atoms with Crippen LogP contribution in [-0.2, 0) is 10.0 Å². The molecule has 9 heteroatoms. The molecule has 0 spiro atoms. The van der Waals surface area contributed by atoms with Gasteiger partial charge in [0, 0.05) is 35.1 Å². The van der Waals surface area contributed by atoms with Gasteiger partial charge in [-0.15, -0.1) is 0 Å². The number of hydrogen-bond acceptors (Lipinski definition) is 6. The smallest absolute Gasteiger partial charge is 0.261 e. The molecular weight excluding hydrogens is 458 g/mol. The van der Waals surface area contributed by atoms with Gasteiger partial charge in [-0.3, -0.25) is 9.71 Å². The van der Waals surface area contributed by atoms with Gasteiger partial charge in [0.05, 0.1) is 22.3 Å². The van der Waals surface area contributed by atoms with Crippen molar-refractivity contribution >= 4 is 38.2 Å². The van der Waals surface area contributed by atoms with E-state index in [1.54, 1.807) is 49.1 Å². The summed E-state index contributed by atoms with van der Waals surface area (Å²) in [4.78, 5) is 8.41. The van der Waals surface area contributed by atoms with E-state index in [-0.39, 0.29) is 15.7 Å². The molecule has 5 rings (SSSR count). The van der Waals surface area contributed by atoms with E-state index in [1.165, 1.54) is 12.1 Å². The fraction of sp³-hybridized carbons (Fsp3) is 0. The average Bonchev–Trinajstić information content (AvgIpc) is 2.85. The molecule has 33 heavy (non-hydrogen) atoms. The van der Waals surface area contributed by atoms with Crippen molar-refractivity contribution in [3.8, 4) is 22.3 Å². The van der Waals surface area contributed by atoms with Crippen LogP contribution in [-0.4, -0.2) is 28.6 Å². The minimum atomic E-state index is -3.81. The molecule has 0 saturated heterocycles. The van der Waals surface area contributed by atoms with Crippen LogP contribution in [0.5, 0.6) is 0 Å². The van der Waals surface area contributed by atoms with Gasteiger partial charge in [-0.1, -0.05) is 35.9 Å². The van der Waals surface area contributed by atoms with Crippen LogP contribution in [0, 0.1) is 0 Å². The van der Waals surface area contributed by atoms with Crippen LogP contribution >= 0.6 is 11.6 Å². The van der Waals surface area contributed by atoms with Gasteiger partial charge in [-0.25, -0.2) is 13.4 Å². The fourth-order valence-corrected chi connectivity index (χ4v) is 4.76. The number of pyridine rings is 2. The molecule has 0 fully saturated rings. The van der Waals surface area contributed by atoms with Crippen LogP contribution in [0.3, 0.4) is 0 Å². The quantitative estimate of drug-likeness (QED) is 0.352. The predicted octanol–water partition coefficient (Wildman–Crippen LogP) is 5.21. The van der Waals surface area contributed by atoms with Crippen LogP contribution < -0.4 is 4.72 Å².